The van der Waals surface area contributed by atoms with Gasteiger partial charge in [-0.2, -0.15) is 0 Å². The first-order chi connectivity index (χ1) is 10.2. The van der Waals surface area contributed by atoms with Crippen molar-refractivity contribution < 1.29 is 4.79 Å². The molecule has 3 rings (SSSR count). The summed E-state index contributed by atoms with van der Waals surface area (Å²) in [6.45, 7) is 3.47. The summed E-state index contributed by atoms with van der Waals surface area (Å²) in [4.78, 5) is 22.1. The number of carbonyl (C=O) groups excluding carboxylic acids is 1. The van der Waals surface area contributed by atoms with E-state index in [1.807, 2.05) is 23.4 Å². The van der Waals surface area contributed by atoms with Gasteiger partial charge in [0, 0.05) is 44.0 Å². The zero-order chi connectivity index (χ0) is 14.7. The molecule has 110 valence electrons. The van der Waals surface area contributed by atoms with Gasteiger partial charge in [0.15, 0.2) is 0 Å². The van der Waals surface area contributed by atoms with Crippen molar-refractivity contribution in [1.82, 2.24) is 14.9 Å². The fourth-order valence-corrected chi connectivity index (χ4v) is 3.22. The summed E-state index contributed by atoms with van der Waals surface area (Å²) < 4.78 is 0. The minimum absolute atomic E-state index is 0.203. The number of rotatable bonds is 2. The molecule has 0 saturated carbocycles. The number of carbonyl (C=O) groups is 1. The van der Waals surface area contributed by atoms with Gasteiger partial charge < -0.3 is 4.90 Å². The maximum Gasteiger partial charge on any atom is 0.219 e. The quantitative estimate of drug-likeness (QED) is 0.851. The van der Waals surface area contributed by atoms with Crippen molar-refractivity contribution in [2.45, 2.75) is 32.6 Å². The van der Waals surface area contributed by atoms with Crippen LogP contribution in [0.25, 0.3) is 10.9 Å². The zero-order valence-corrected chi connectivity index (χ0v) is 12.5. The first-order valence-electron chi connectivity index (χ1n) is 7.67. The first-order valence-corrected chi connectivity index (χ1v) is 7.67. The Morgan fingerprint density at radius 3 is 3.05 bits per heavy atom. The van der Waals surface area contributed by atoms with Crippen LogP contribution in [0.15, 0.2) is 30.7 Å². The molecule has 1 unspecified atom stereocenters. The standard InChI is InChI=1S/C17H21N3O/c1-13(21)20-9-2-3-14(6-10-20)11-15-4-8-19-17-5-7-18-12-16(15)17/h4-5,7-8,12,14H,2-3,6,9-11H2,1H3. The Hall–Kier alpha value is -1.97. The minimum atomic E-state index is 0.203. The van der Waals surface area contributed by atoms with Crippen LogP contribution in [0.2, 0.25) is 0 Å². The van der Waals surface area contributed by atoms with Gasteiger partial charge in [-0.1, -0.05) is 0 Å². The molecule has 2 aromatic rings. The highest BCUT2D eigenvalue weighted by Gasteiger charge is 2.19. The normalized spacial score (nSPS) is 19.5. The third kappa shape index (κ3) is 3.20. The molecule has 1 aliphatic heterocycles. The van der Waals surface area contributed by atoms with Crippen LogP contribution in [-0.2, 0) is 11.2 Å². The Kier molecular flexibility index (Phi) is 4.13. The summed E-state index contributed by atoms with van der Waals surface area (Å²) in [6, 6.07) is 4.07. The fraction of sp³-hybridized carbons (Fsp3) is 0.471. The van der Waals surface area contributed by atoms with E-state index in [4.69, 9.17) is 0 Å². The number of aromatic nitrogens is 2. The lowest BCUT2D eigenvalue weighted by Crippen LogP contribution is -2.29. The van der Waals surface area contributed by atoms with Gasteiger partial charge in [0.05, 0.1) is 5.52 Å². The summed E-state index contributed by atoms with van der Waals surface area (Å²) >= 11 is 0. The summed E-state index contributed by atoms with van der Waals surface area (Å²) in [7, 11) is 0. The average Bonchev–Trinajstić information content (AvgIpc) is 2.73. The van der Waals surface area contributed by atoms with Gasteiger partial charge in [-0.3, -0.25) is 14.8 Å². The van der Waals surface area contributed by atoms with E-state index in [-0.39, 0.29) is 5.91 Å². The smallest absolute Gasteiger partial charge is 0.219 e. The predicted molar refractivity (Wildman–Crippen MR) is 82.8 cm³/mol. The zero-order valence-electron chi connectivity index (χ0n) is 12.5. The van der Waals surface area contributed by atoms with E-state index in [2.05, 4.69) is 16.0 Å². The van der Waals surface area contributed by atoms with Crippen molar-refractivity contribution in [1.29, 1.82) is 0 Å². The van der Waals surface area contributed by atoms with Crippen LogP contribution in [0.4, 0.5) is 0 Å². The lowest BCUT2D eigenvalue weighted by molar-refractivity contribution is -0.128. The monoisotopic (exact) mass is 283 g/mol. The number of nitrogens with zero attached hydrogens (tertiary/aromatic N) is 3. The Labute approximate surface area is 125 Å². The predicted octanol–water partition coefficient (Wildman–Crippen LogP) is 2.82. The van der Waals surface area contributed by atoms with Gasteiger partial charge >= 0.3 is 0 Å². The Morgan fingerprint density at radius 2 is 2.19 bits per heavy atom. The molecular formula is C17H21N3O. The molecule has 0 bridgehead atoms. The van der Waals surface area contributed by atoms with Crippen LogP contribution in [0, 0.1) is 5.92 Å². The largest absolute Gasteiger partial charge is 0.343 e. The van der Waals surface area contributed by atoms with E-state index in [0.29, 0.717) is 5.92 Å². The van der Waals surface area contributed by atoms with Crippen LogP contribution in [-0.4, -0.2) is 33.9 Å². The topological polar surface area (TPSA) is 46.1 Å². The van der Waals surface area contributed by atoms with Crippen LogP contribution < -0.4 is 0 Å². The van der Waals surface area contributed by atoms with E-state index in [0.717, 1.165) is 43.3 Å². The molecule has 4 heteroatoms. The molecule has 21 heavy (non-hydrogen) atoms. The van der Waals surface area contributed by atoms with Gasteiger partial charge in [0.2, 0.25) is 5.91 Å². The van der Waals surface area contributed by atoms with E-state index in [1.54, 1.807) is 13.1 Å². The van der Waals surface area contributed by atoms with Crippen molar-refractivity contribution >= 4 is 16.8 Å². The molecule has 0 N–H and O–H groups in total. The SMILES string of the molecule is CC(=O)N1CCCC(Cc2ccnc3ccncc23)CC1. The highest BCUT2D eigenvalue weighted by molar-refractivity contribution is 5.80. The van der Waals surface area contributed by atoms with E-state index < -0.39 is 0 Å². The van der Waals surface area contributed by atoms with Crippen LogP contribution in [0.1, 0.15) is 31.7 Å². The second-order valence-electron chi connectivity index (χ2n) is 5.87. The summed E-state index contributed by atoms with van der Waals surface area (Å²) in [5.41, 5.74) is 2.34. The lowest BCUT2D eigenvalue weighted by Gasteiger charge is -2.18. The molecule has 1 aliphatic rings. The Bertz CT molecular complexity index is 635. The third-order valence-corrected chi connectivity index (χ3v) is 4.43. The van der Waals surface area contributed by atoms with E-state index >= 15 is 0 Å². The molecule has 0 aromatic carbocycles. The number of pyridine rings is 2. The van der Waals surface area contributed by atoms with Gasteiger partial charge in [0.25, 0.3) is 0 Å². The maximum atomic E-state index is 11.5. The Balaban J connectivity index is 1.75. The fourth-order valence-electron chi connectivity index (χ4n) is 3.22. The molecule has 0 aliphatic carbocycles. The van der Waals surface area contributed by atoms with Crippen LogP contribution >= 0.6 is 0 Å². The molecule has 0 spiro atoms. The summed E-state index contributed by atoms with van der Waals surface area (Å²) in [5, 5.41) is 1.16. The van der Waals surface area contributed by atoms with Gasteiger partial charge in [-0.15, -0.1) is 0 Å². The molecule has 1 saturated heterocycles. The minimum Gasteiger partial charge on any atom is -0.343 e. The van der Waals surface area contributed by atoms with Crippen molar-refractivity contribution in [3.8, 4) is 0 Å². The average molecular weight is 283 g/mol. The lowest BCUT2D eigenvalue weighted by atomic mass is 9.92. The molecular weight excluding hydrogens is 262 g/mol. The molecule has 1 fully saturated rings. The van der Waals surface area contributed by atoms with Crippen LogP contribution in [0.3, 0.4) is 0 Å². The number of fused-ring (bicyclic) bond motifs is 1. The Morgan fingerprint density at radius 1 is 1.29 bits per heavy atom. The van der Waals surface area contributed by atoms with E-state index in [1.165, 1.54) is 12.0 Å². The second kappa shape index (κ2) is 6.20. The molecule has 1 atom stereocenters. The highest BCUT2D eigenvalue weighted by atomic mass is 16.2. The highest BCUT2D eigenvalue weighted by Crippen LogP contribution is 2.25. The molecule has 4 nitrogen and oxygen atoms in total. The van der Waals surface area contributed by atoms with Gasteiger partial charge in [0.1, 0.15) is 0 Å². The number of likely N-dealkylation sites (tertiary alicyclic amines) is 1. The maximum absolute atomic E-state index is 11.5. The van der Waals surface area contributed by atoms with Gasteiger partial charge in [-0.25, -0.2) is 0 Å². The van der Waals surface area contributed by atoms with E-state index in [9.17, 15) is 4.79 Å². The van der Waals surface area contributed by atoms with Crippen molar-refractivity contribution in [3.63, 3.8) is 0 Å². The third-order valence-electron chi connectivity index (χ3n) is 4.43. The molecule has 1 amide bonds. The molecule has 2 aromatic heterocycles. The van der Waals surface area contributed by atoms with Gasteiger partial charge in [-0.05, 0) is 49.3 Å². The number of amides is 1. The van der Waals surface area contributed by atoms with Crippen molar-refractivity contribution in [2.75, 3.05) is 13.1 Å². The summed E-state index contributed by atoms with van der Waals surface area (Å²) in [6.07, 6.45) is 10.0. The molecule has 0 radical (unpaired) electrons. The summed E-state index contributed by atoms with van der Waals surface area (Å²) in [5.74, 6) is 0.842. The first kappa shape index (κ1) is 14.0. The number of hydrogen-bond acceptors (Lipinski definition) is 3. The van der Waals surface area contributed by atoms with Crippen molar-refractivity contribution in [3.05, 3.63) is 36.3 Å². The van der Waals surface area contributed by atoms with Crippen molar-refractivity contribution in [2.24, 2.45) is 5.92 Å². The molecule has 3 heterocycles. The van der Waals surface area contributed by atoms with Crippen LogP contribution in [0.5, 0.6) is 0 Å². The number of hydrogen-bond donors (Lipinski definition) is 0. The second-order valence-corrected chi connectivity index (χ2v) is 5.87.